The maximum Gasteiger partial charge on any atom is 0.0784 e. The van der Waals surface area contributed by atoms with Gasteiger partial charge in [0.1, 0.15) is 0 Å². The highest BCUT2D eigenvalue weighted by Crippen LogP contribution is 2.12. The van der Waals surface area contributed by atoms with E-state index in [1.165, 1.54) is 19.3 Å². The Balaban J connectivity index is 3.69. The second kappa shape index (κ2) is 11.0. The fourth-order valence-electron chi connectivity index (χ4n) is 1.71. The molecule has 0 heterocycles. The molecule has 17 heavy (non-hydrogen) atoms. The van der Waals surface area contributed by atoms with Crippen molar-refractivity contribution in [3.05, 3.63) is 0 Å². The molecule has 3 nitrogen and oxygen atoms in total. The molecule has 3 unspecified atom stereocenters. The average molecular weight is 246 g/mol. The van der Waals surface area contributed by atoms with Crippen LogP contribution in [0.4, 0.5) is 0 Å². The van der Waals surface area contributed by atoms with E-state index in [4.69, 9.17) is 14.6 Å². The van der Waals surface area contributed by atoms with E-state index < -0.39 is 0 Å². The van der Waals surface area contributed by atoms with Gasteiger partial charge >= 0.3 is 0 Å². The van der Waals surface area contributed by atoms with Crippen LogP contribution in [0.15, 0.2) is 0 Å². The summed E-state index contributed by atoms with van der Waals surface area (Å²) in [7, 11) is 0. The third-order valence-corrected chi connectivity index (χ3v) is 2.88. The summed E-state index contributed by atoms with van der Waals surface area (Å²) in [5.41, 5.74) is 0. The monoisotopic (exact) mass is 246 g/mol. The van der Waals surface area contributed by atoms with E-state index in [0.717, 1.165) is 12.8 Å². The van der Waals surface area contributed by atoms with Crippen LogP contribution >= 0.6 is 0 Å². The predicted octanol–water partition coefficient (Wildman–Crippen LogP) is 3.15. The molecule has 0 aliphatic carbocycles. The molecule has 0 amide bonds. The quantitative estimate of drug-likeness (QED) is 0.569. The molecule has 1 N–H and O–H groups in total. The Morgan fingerprint density at radius 3 is 2.29 bits per heavy atom. The Bertz CT molecular complexity index is 162. The van der Waals surface area contributed by atoms with Crippen LogP contribution in [0.1, 0.15) is 59.8 Å². The van der Waals surface area contributed by atoms with Crippen LogP contribution in [0.25, 0.3) is 0 Å². The zero-order valence-electron chi connectivity index (χ0n) is 11.9. The first-order valence-corrected chi connectivity index (χ1v) is 7.01. The molecule has 0 bridgehead atoms. The molecule has 104 valence electrons. The Labute approximate surface area is 107 Å². The summed E-state index contributed by atoms with van der Waals surface area (Å²) in [6.45, 7) is 8.92. The standard InChI is InChI=1S/C14H30O3/c1-5-7-8-9-14(6-2)17-13(4)11-16-12(3)10-15/h12-15H,5-11H2,1-4H3. The lowest BCUT2D eigenvalue weighted by Gasteiger charge is -2.22. The van der Waals surface area contributed by atoms with Crippen molar-refractivity contribution in [3.63, 3.8) is 0 Å². The van der Waals surface area contributed by atoms with Gasteiger partial charge in [-0.05, 0) is 26.7 Å². The summed E-state index contributed by atoms with van der Waals surface area (Å²) in [6, 6.07) is 0. The zero-order valence-corrected chi connectivity index (χ0v) is 11.9. The Kier molecular flexibility index (Phi) is 10.9. The number of rotatable bonds is 11. The van der Waals surface area contributed by atoms with Gasteiger partial charge in [0.25, 0.3) is 0 Å². The Hall–Kier alpha value is -0.120. The van der Waals surface area contributed by atoms with Crippen LogP contribution < -0.4 is 0 Å². The normalized spacial score (nSPS) is 16.8. The molecule has 0 spiro atoms. The fraction of sp³-hybridized carbons (Fsp3) is 1.00. The molecule has 0 aromatic heterocycles. The lowest BCUT2D eigenvalue weighted by Crippen LogP contribution is -2.26. The van der Waals surface area contributed by atoms with E-state index in [-0.39, 0.29) is 18.8 Å². The van der Waals surface area contributed by atoms with E-state index in [1.54, 1.807) is 0 Å². The Morgan fingerprint density at radius 2 is 1.76 bits per heavy atom. The van der Waals surface area contributed by atoms with Gasteiger partial charge in [-0.2, -0.15) is 0 Å². The SMILES string of the molecule is CCCCCC(CC)OC(C)COC(C)CO. The van der Waals surface area contributed by atoms with E-state index >= 15 is 0 Å². The molecule has 0 rings (SSSR count). The van der Waals surface area contributed by atoms with Gasteiger partial charge < -0.3 is 14.6 Å². The van der Waals surface area contributed by atoms with Gasteiger partial charge in [-0.1, -0.05) is 33.1 Å². The molecule has 0 aromatic rings. The van der Waals surface area contributed by atoms with Crippen molar-refractivity contribution in [2.24, 2.45) is 0 Å². The lowest BCUT2D eigenvalue weighted by atomic mass is 10.1. The second-order valence-electron chi connectivity index (χ2n) is 4.80. The molecule has 0 saturated carbocycles. The van der Waals surface area contributed by atoms with Crippen LogP contribution in [0.5, 0.6) is 0 Å². The van der Waals surface area contributed by atoms with Gasteiger partial charge in [-0.15, -0.1) is 0 Å². The van der Waals surface area contributed by atoms with Crippen molar-refractivity contribution in [2.45, 2.75) is 78.1 Å². The first kappa shape index (κ1) is 16.9. The minimum absolute atomic E-state index is 0.0699. The first-order chi connectivity index (χ1) is 8.13. The van der Waals surface area contributed by atoms with Gasteiger partial charge in [0, 0.05) is 0 Å². The number of hydrogen-bond acceptors (Lipinski definition) is 3. The van der Waals surface area contributed by atoms with Crippen molar-refractivity contribution in [1.29, 1.82) is 0 Å². The van der Waals surface area contributed by atoms with E-state index in [0.29, 0.717) is 12.7 Å². The van der Waals surface area contributed by atoms with Crippen molar-refractivity contribution < 1.29 is 14.6 Å². The highest BCUT2D eigenvalue weighted by Gasteiger charge is 2.12. The van der Waals surface area contributed by atoms with Gasteiger partial charge in [0.05, 0.1) is 31.5 Å². The van der Waals surface area contributed by atoms with Gasteiger partial charge in [0.15, 0.2) is 0 Å². The fourth-order valence-corrected chi connectivity index (χ4v) is 1.71. The van der Waals surface area contributed by atoms with Crippen LogP contribution in [-0.2, 0) is 9.47 Å². The average Bonchev–Trinajstić information content (AvgIpc) is 2.34. The molecule has 0 aliphatic rings. The summed E-state index contributed by atoms with van der Waals surface area (Å²) in [4.78, 5) is 0. The minimum Gasteiger partial charge on any atom is -0.394 e. The van der Waals surface area contributed by atoms with Gasteiger partial charge in [0.2, 0.25) is 0 Å². The molecular formula is C14H30O3. The van der Waals surface area contributed by atoms with E-state index in [1.807, 2.05) is 13.8 Å². The number of aliphatic hydroxyl groups excluding tert-OH is 1. The van der Waals surface area contributed by atoms with Crippen molar-refractivity contribution in [2.75, 3.05) is 13.2 Å². The van der Waals surface area contributed by atoms with Crippen molar-refractivity contribution in [3.8, 4) is 0 Å². The number of ether oxygens (including phenoxy) is 2. The Morgan fingerprint density at radius 1 is 1.06 bits per heavy atom. The summed E-state index contributed by atoms with van der Waals surface area (Å²) in [5.74, 6) is 0. The first-order valence-electron chi connectivity index (χ1n) is 7.01. The number of unbranched alkanes of at least 4 members (excludes halogenated alkanes) is 2. The van der Waals surface area contributed by atoms with E-state index in [9.17, 15) is 0 Å². The molecule has 3 heteroatoms. The molecule has 0 saturated heterocycles. The molecule has 0 fully saturated rings. The van der Waals surface area contributed by atoms with E-state index in [2.05, 4.69) is 13.8 Å². The summed E-state index contributed by atoms with van der Waals surface area (Å²) >= 11 is 0. The van der Waals surface area contributed by atoms with Crippen LogP contribution in [0.2, 0.25) is 0 Å². The topological polar surface area (TPSA) is 38.7 Å². The van der Waals surface area contributed by atoms with Crippen LogP contribution in [0, 0.1) is 0 Å². The summed E-state index contributed by atoms with van der Waals surface area (Å²) in [5, 5.41) is 8.85. The maximum absolute atomic E-state index is 8.85. The number of aliphatic hydroxyl groups is 1. The third-order valence-electron chi connectivity index (χ3n) is 2.88. The zero-order chi connectivity index (χ0) is 13.1. The highest BCUT2D eigenvalue weighted by molar-refractivity contribution is 4.60. The molecule has 0 aromatic carbocycles. The minimum atomic E-state index is -0.0961. The van der Waals surface area contributed by atoms with Crippen molar-refractivity contribution in [1.82, 2.24) is 0 Å². The van der Waals surface area contributed by atoms with Crippen molar-refractivity contribution >= 4 is 0 Å². The summed E-state index contributed by atoms with van der Waals surface area (Å²) in [6.07, 6.45) is 6.35. The highest BCUT2D eigenvalue weighted by atomic mass is 16.5. The predicted molar refractivity (Wildman–Crippen MR) is 71.3 cm³/mol. The largest absolute Gasteiger partial charge is 0.394 e. The van der Waals surface area contributed by atoms with Crippen LogP contribution in [-0.4, -0.2) is 36.6 Å². The maximum atomic E-state index is 8.85. The summed E-state index contributed by atoms with van der Waals surface area (Å²) < 4.78 is 11.4. The third kappa shape index (κ3) is 9.57. The second-order valence-corrected chi connectivity index (χ2v) is 4.80. The molecule has 0 radical (unpaired) electrons. The smallest absolute Gasteiger partial charge is 0.0784 e. The van der Waals surface area contributed by atoms with Crippen LogP contribution in [0.3, 0.4) is 0 Å². The molecule has 3 atom stereocenters. The molecular weight excluding hydrogens is 216 g/mol. The number of hydrogen-bond donors (Lipinski definition) is 1. The molecule has 0 aliphatic heterocycles. The van der Waals surface area contributed by atoms with Gasteiger partial charge in [-0.25, -0.2) is 0 Å². The van der Waals surface area contributed by atoms with Gasteiger partial charge in [-0.3, -0.25) is 0 Å². The lowest BCUT2D eigenvalue weighted by molar-refractivity contribution is -0.0753.